The molecule has 3 N–H and O–H groups in total. The van der Waals surface area contributed by atoms with E-state index >= 15 is 0 Å². The summed E-state index contributed by atoms with van der Waals surface area (Å²) < 4.78 is 13.5. The molecule has 1 saturated carbocycles. The maximum atomic E-state index is 13.5. The Hall–Kier alpha value is -1.09. The second-order valence-corrected chi connectivity index (χ2v) is 5.11. The van der Waals surface area contributed by atoms with E-state index in [1.807, 2.05) is 6.92 Å². The summed E-state index contributed by atoms with van der Waals surface area (Å²) in [6, 6.07) is 2.90. The molecule has 0 saturated heterocycles. The predicted molar refractivity (Wildman–Crippen MR) is 66.3 cm³/mol. The number of phenolic OH excluding ortho intramolecular Hbond substituents is 1. The highest BCUT2D eigenvalue weighted by molar-refractivity contribution is 5.39. The zero-order valence-electron chi connectivity index (χ0n) is 10.2. The van der Waals surface area contributed by atoms with Crippen LogP contribution >= 0.6 is 0 Å². The molecular formula is C14H20FNO. The first-order valence-electron chi connectivity index (χ1n) is 6.34. The number of hydrogen-bond acceptors (Lipinski definition) is 2. The van der Waals surface area contributed by atoms with Crippen molar-refractivity contribution in [3.63, 3.8) is 0 Å². The van der Waals surface area contributed by atoms with Crippen molar-refractivity contribution in [3.8, 4) is 5.75 Å². The second kappa shape index (κ2) is 5.05. The fraction of sp³-hybridized carbons (Fsp3) is 0.571. The third-order valence-electron chi connectivity index (χ3n) is 3.75. The van der Waals surface area contributed by atoms with Crippen molar-refractivity contribution in [3.05, 3.63) is 29.1 Å². The maximum absolute atomic E-state index is 13.5. The lowest BCUT2D eigenvalue weighted by Gasteiger charge is -2.28. The molecule has 0 spiro atoms. The highest BCUT2D eigenvalue weighted by Gasteiger charge is 2.25. The van der Waals surface area contributed by atoms with Gasteiger partial charge in [-0.25, -0.2) is 4.39 Å². The lowest BCUT2D eigenvalue weighted by atomic mass is 9.81. The number of hydrogen-bond donors (Lipinski definition) is 2. The molecule has 94 valence electrons. The molecule has 2 nitrogen and oxygen atoms in total. The number of benzene rings is 1. The average Bonchev–Trinajstić information content (AvgIpc) is 2.34. The van der Waals surface area contributed by atoms with E-state index in [1.54, 1.807) is 6.07 Å². The first kappa shape index (κ1) is 12.4. The molecule has 0 unspecified atom stereocenters. The first-order chi connectivity index (χ1) is 8.09. The van der Waals surface area contributed by atoms with Crippen LogP contribution in [0.25, 0.3) is 0 Å². The van der Waals surface area contributed by atoms with E-state index in [4.69, 9.17) is 5.73 Å². The molecule has 1 atom stereocenters. The molecular weight excluding hydrogens is 217 g/mol. The standard InChI is InChI=1S/C14H20FNO/c1-9-7-11(14(17)12(15)8-9)13(16)10-5-3-2-4-6-10/h7-8,10,13,17H,2-6,16H2,1H3/t13-/m0/s1. The fourth-order valence-electron chi connectivity index (χ4n) is 2.76. The smallest absolute Gasteiger partial charge is 0.165 e. The zero-order chi connectivity index (χ0) is 12.4. The number of halogens is 1. The van der Waals surface area contributed by atoms with E-state index in [1.165, 1.54) is 25.3 Å². The Morgan fingerprint density at radius 2 is 1.94 bits per heavy atom. The Labute approximate surface area is 102 Å². The normalized spacial score (nSPS) is 19.2. The maximum Gasteiger partial charge on any atom is 0.165 e. The average molecular weight is 237 g/mol. The molecule has 2 rings (SSSR count). The largest absolute Gasteiger partial charge is 0.505 e. The molecule has 17 heavy (non-hydrogen) atoms. The lowest BCUT2D eigenvalue weighted by Crippen LogP contribution is -2.23. The first-order valence-corrected chi connectivity index (χ1v) is 6.34. The number of phenols is 1. The predicted octanol–water partition coefficient (Wildman–Crippen LogP) is 3.42. The summed E-state index contributed by atoms with van der Waals surface area (Å²) in [7, 11) is 0. The van der Waals surface area contributed by atoms with Gasteiger partial charge in [0.1, 0.15) is 0 Å². The summed E-state index contributed by atoms with van der Waals surface area (Å²) in [6.07, 6.45) is 5.80. The zero-order valence-corrected chi connectivity index (χ0v) is 10.2. The van der Waals surface area contributed by atoms with Crippen molar-refractivity contribution in [2.45, 2.75) is 45.1 Å². The molecule has 1 aliphatic rings. The van der Waals surface area contributed by atoms with Gasteiger partial charge in [-0.15, -0.1) is 0 Å². The second-order valence-electron chi connectivity index (χ2n) is 5.11. The number of aryl methyl sites for hydroxylation is 1. The van der Waals surface area contributed by atoms with Crippen LogP contribution < -0.4 is 5.73 Å². The topological polar surface area (TPSA) is 46.2 Å². The fourth-order valence-corrected chi connectivity index (χ4v) is 2.76. The Bertz CT molecular complexity index is 399. The molecule has 1 aromatic carbocycles. The van der Waals surface area contributed by atoms with Crippen LogP contribution in [0, 0.1) is 18.7 Å². The third kappa shape index (κ3) is 2.60. The van der Waals surface area contributed by atoms with Crippen molar-refractivity contribution in [1.29, 1.82) is 0 Å². The van der Waals surface area contributed by atoms with Gasteiger partial charge in [-0.3, -0.25) is 0 Å². The van der Waals surface area contributed by atoms with Crippen LogP contribution in [0.15, 0.2) is 12.1 Å². The van der Waals surface area contributed by atoms with Crippen molar-refractivity contribution < 1.29 is 9.50 Å². The van der Waals surface area contributed by atoms with Gasteiger partial charge in [0.15, 0.2) is 11.6 Å². The summed E-state index contributed by atoms with van der Waals surface area (Å²) in [5.41, 5.74) is 7.55. The van der Waals surface area contributed by atoms with Gasteiger partial charge in [0.05, 0.1) is 0 Å². The highest BCUT2D eigenvalue weighted by Crippen LogP contribution is 2.37. The molecule has 1 aliphatic carbocycles. The summed E-state index contributed by atoms with van der Waals surface area (Å²) in [5, 5.41) is 9.77. The van der Waals surface area contributed by atoms with Gasteiger partial charge in [-0.1, -0.05) is 25.3 Å². The minimum atomic E-state index is -0.564. The Morgan fingerprint density at radius 3 is 2.59 bits per heavy atom. The van der Waals surface area contributed by atoms with Crippen molar-refractivity contribution in [1.82, 2.24) is 0 Å². The van der Waals surface area contributed by atoms with Gasteiger partial charge in [-0.05, 0) is 37.3 Å². The van der Waals surface area contributed by atoms with Crippen LogP contribution in [0.4, 0.5) is 4.39 Å². The van der Waals surface area contributed by atoms with Crippen LogP contribution in [0.3, 0.4) is 0 Å². The van der Waals surface area contributed by atoms with E-state index in [0.29, 0.717) is 11.5 Å². The minimum absolute atomic E-state index is 0.246. The van der Waals surface area contributed by atoms with E-state index in [0.717, 1.165) is 18.4 Å². The van der Waals surface area contributed by atoms with E-state index in [9.17, 15) is 9.50 Å². The molecule has 0 aromatic heterocycles. The van der Waals surface area contributed by atoms with Crippen molar-refractivity contribution >= 4 is 0 Å². The monoisotopic (exact) mass is 237 g/mol. The van der Waals surface area contributed by atoms with Crippen LogP contribution in [0.2, 0.25) is 0 Å². The number of nitrogens with two attached hydrogens (primary N) is 1. The van der Waals surface area contributed by atoms with Crippen LogP contribution in [0.5, 0.6) is 5.75 Å². The van der Waals surface area contributed by atoms with Gasteiger partial charge < -0.3 is 10.8 Å². The molecule has 0 heterocycles. The van der Waals surface area contributed by atoms with Gasteiger partial charge in [0.2, 0.25) is 0 Å². The molecule has 0 amide bonds. The molecule has 0 radical (unpaired) electrons. The van der Waals surface area contributed by atoms with Gasteiger partial charge in [-0.2, -0.15) is 0 Å². The SMILES string of the molecule is Cc1cc(F)c(O)c([C@@H](N)C2CCCCC2)c1. The number of aromatic hydroxyl groups is 1. The quantitative estimate of drug-likeness (QED) is 0.827. The summed E-state index contributed by atoms with van der Waals surface area (Å²) >= 11 is 0. The minimum Gasteiger partial charge on any atom is -0.505 e. The molecule has 3 heteroatoms. The van der Waals surface area contributed by atoms with E-state index in [2.05, 4.69) is 0 Å². The van der Waals surface area contributed by atoms with Crippen molar-refractivity contribution in [2.24, 2.45) is 11.7 Å². The van der Waals surface area contributed by atoms with Gasteiger partial charge >= 0.3 is 0 Å². The molecule has 1 fully saturated rings. The Morgan fingerprint density at radius 1 is 1.29 bits per heavy atom. The van der Waals surface area contributed by atoms with E-state index in [-0.39, 0.29) is 11.8 Å². The van der Waals surface area contributed by atoms with Crippen LogP contribution in [0.1, 0.15) is 49.3 Å². The van der Waals surface area contributed by atoms with Gasteiger partial charge in [0, 0.05) is 11.6 Å². The molecule has 0 aliphatic heterocycles. The summed E-state index contributed by atoms with van der Waals surface area (Å²) in [6.45, 7) is 1.82. The Balaban J connectivity index is 2.26. The van der Waals surface area contributed by atoms with Crippen LogP contribution in [-0.2, 0) is 0 Å². The summed E-state index contributed by atoms with van der Waals surface area (Å²) in [5.74, 6) is -0.462. The Kier molecular flexibility index (Phi) is 3.67. The highest BCUT2D eigenvalue weighted by atomic mass is 19.1. The van der Waals surface area contributed by atoms with Crippen molar-refractivity contribution in [2.75, 3.05) is 0 Å². The number of rotatable bonds is 2. The molecule has 0 bridgehead atoms. The van der Waals surface area contributed by atoms with Gasteiger partial charge in [0.25, 0.3) is 0 Å². The molecule has 1 aromatic rings. The summed E-state index contributed by atoms with van der Waals surface area (Å²) in [4.78, 5) is 0. The third-order valence-corrected chi connectivity index (χ3v) is 3.75. The van der Waals surface area contributed by atoms with Crippen LogP contribution in [-0.4, -0.2) is 5.11 Å². The van der Waals surface area contributed by atoms with E-state index < -0.39 is 5.82 Å². The lowest BCUT2D eigenvalue weighted by molar-refractivity contribution is 0.300.